The number of amides is 2. The van der Waals surface area contributed by atoms with Crippen molar-refractivity contribution in [3.63, 3.8) is 0 Å². The van der Waals surface area contributed by atoms with Crippen LogP contribution in [0.2, 0.25) is 0 Å². The van der Waals surface area contributed by atoms with Crippen molar-refractivity contribution in [2.24, 2.45) is 11.7 Å². The van der Waals surface area contributed by atoms with Gasteiger partial charge in [0.05, 0.1) is 0 Å². The van der Waals surface area contributed by atoms with Crippen LogP contribution in [0.5, 0.6) is 0 Å². The zero-order valence-electron chi connectivity index (χ0n) is 12.6. The fourth-order valence-corrected chi connectivity index (χ4v) is 2.38. The van der Waals surface area contributed by atoms with Crippen LogP contribution in [-0.4, -0.2) is 68.1 Å². The molecule has 0 aromatic carbocycles. The summed E-state index contributed by atoms with van der Waals surface area (Å²) in [6, 6.07) is 0. The summed E-state index contributed by atoms with van der Waals surface area (Å²) in [5.41, 5.74) is 5.50. The quantitative estimate of drug-likeness (QED) is 0.718. The summed E-state index contributed by atoms with van der Waals surface area (Å²) in [5.74, 6) is 0.678. The van der Waals surface area contributed by atoms with E-state index in [0.717, 1.165) is 12.8 Å². The molecule has 0 saturated carbocycles. The molecule has 1 heterocycles. The van der Waals surface area contributed by atoms with Gasteiger partial charge in [-0.3, -0.25) is 9.59 Å². The van der Waals surface area contributed by atoms with Crippen LogP contribution in [0.15, 0.2) is 0 Å². The molecule has 0 radical (unpaired) electrons. The lowest BCUT2D eigenvalue weighted by Gasteiger charge is -2.34. The minimum atomic E-state index is -0.00355. The second kappa shape index (κ2) is 8.92. The van der Waals surface area contributed by atoms with E-state index < -0.39 is 0 Å². The standard InChI is InChI=1S/C14H27N3O3/c1-12(5-6-15)3-4-13(18)16-7-9-17(10-8-16)14(19)11-20-2/h12H,3-11,15H2,1-2H3. The Morgan fingerprint density at radius 1 is 1.10 bits per heavy atom. The molecule has 2 amide bonds. The number of carbonyl (C=O) groups excluding carboxylic acids is 2. The molecule has 2 N–H and O–H groups in total. The first-order valence-corrected chi connectivity index (χ1v) is 7.33. The topological polar surface area (TPSA) is 75.9 Å². The first-order valence-electron chi connectivity index (χ1n) is 7.33. The Kier molecular flexibility index (Phi) is 7.54. The predicted molar refractivity (Wildman–Crippen MR) is 77.1 cm³/mol. The van der Waals surface area contributed by atoms with Crippen LogP contribution < -0.4 is 5.73 Å². The number of ether oxygens (including phenoxy) is 1. The predicted octanol–water partition coefficient (Wildman–Crippen LogP) is 0.0687. The van der Waals surface area contributed by atoms with Crippen LogP contribution in [0, 0.1) is 5.92 Å². The molecule has 1 saturated heterocycles. The van der Waals surface area contributed by atoms with Crippen molar-refractivity contribution in [3.8, 4) is 0 Å². The Hall–Kier alpha value is -1.14. The molecule has 116 valence electrons. The zero-order chi connectivity index (χ0) is 15.0. The lowest BCUT2D eigenvalue weighted by atomic mass is 10.0. The SMILES string of the molecule is COCC(=O)N1CCN(C(=O)CCC(C)CCN)CC1. The van der Waals surface area contributed by atoms with Crippen LogP contribution >= 0.6 is 0 Å². The highest BCUT2D eigenvalue weighted by molar-refractivity contribution is 5.79. The number of carbonyl (C=O) groups is 2. The van der Waals surface area contributed by atoms with Crippen molar-refractivity contribution in [2.75, 3.05) is 46.4 Å². The monoisotopic (exact) mass is 285 g/mol. The van der Waals surface area contributed by atoms with Crippen LogP contribution in [0.4, 0.5) is 0 Å². The Morgan fingerprint density at radius 2 is 1.65 bits per heavy atom. The summed E-state index contributed by atoms with van der Waals surface area (Å²) in [7, 11) is 1.51. The van der Waals surface area contributed by atoms with Crippen molar-refractivity contribution in [1.29, 1.82) is 0 Å². The molecular weight excluding hydrogens is 258 g/mol. The van der Waals surface area contributed by atoms with Gasteiger partial charge in [-0.15, -0.1) is 0 Å². The largest absolute Gasteiger partial charge is 0.375 e. The van der Waals surface area contributed by atoms with Crippen LogP contribution in [0.25, 0.3) is 0 Å². The Labute approximate surface area is 121 Å². The molecule has 6 nitrogen and oxygen atoms in total. The van der Waals surface area contributed by atoms with Crippen molar-refractivity contribution >= 4 is 11.8 Å². The van der Waals surface area contributed by atoms with Crippen molar-refractivity contribution in [1.82, 2.24) is 9.80 Å². The molecule has 1 unspecified atom stereocenters. The maximum absolute atomic E-state index is 12.1. The number of rotatable bonds is 7. The molecule has 6 heteroatoms. The molecule has 0 aromatic heterocycles. The van der Waals surface area contributed by atoms with Crippen LogP contribution in [-0.2, 0) is 14.3 Å². The second-order valence-corrected chi connectivity index (χ2v) is 5.42. The molecule has 0 aliphatic carbocycles. The van der Waals surface area contributed by atoms with Gasteiger partial charge in [0.25, 0.3) is 0 Å². The summed E-state index contributed by atoms with van der Waals surface area (Å²) in [4.78, 5) is 27.3. The number of piperazine rings is 1. The van der Waals surface area contributed by atoms with Crippen molar-refractivity contribution in [3.05, 3.63) is 0 Å². The number of methoxy groups -OCH3 is 1. The van der Waals surface area contributed by atoms with E-state index in [9.17, 15) is 9.59 Å². The summed E-state index contributed by atoms with van der Waals surface area (Å²) in [6.07, 6.45) is 2.43. The van der Waals surface area contributed by atoms with Gasteiger partial charge in [-0.2, -0.15) is 0 Å². The number of nitrogens with zero attached hydrogens (tertiary/aromatic N) is 2. The average Bonchev–Trinajstić information content (AvgIpc) is 2.45. The molecule has 1 aliphatic rings. The molecule has 1 fully saturated rings. The van der Waals surface area contributed by atoms with E-state index in [-0.39, 0.29) is 18.4 Å². The normalized spacial score (nSPS) is 17.1. The third kappa shape index (κ3) is 5.46. The maximum Gasteiger partial charge on any atom is 0.248 e. The molecule has 0 bridgehead atoms. The summed E-state index contributed by atoms with van der Waals surface area (Å²) >= 11 is 0. The van der Waals surface area contributed by atoms with E-state index in [1.165, 1.54) is 7.11 Å². The lowest BCUT2D eigenvalue weighted by Crippen LogP contribution is -2.51. The highest BCUT2D eigenvalue weighted by atomic mass is 16.5. The molecule has 1 atom stereocenters. The van der Waals surface area contributed by atoms with E-state index in [4.69, 9.17) is 10.5 Å². The van der Waals surface area contributed by atoms with Gasteiger partial charge < -0.3 is 20.3 Å². The van der Waals surface area contributed by atoms with Gasteiger partial charge in [-0.05, 0) is 25.3 Å². The third-order valence-corrected chi connectivity index (χ3v) is 3.76. The lowest BCUT2D eigenvalue weighted by molar-refractivity contribution is -0.141. The highest BCUT2D eigenvalue weighted by Crippen LogP contribution is 2.12. The first-order chi connectivity index (χ1) is 9.58. The molecule has 0 spiro atoms. The van der Waals surface area contributed by atoms with E-state index in [1.54, 1.807) is 4.90 Å². The fraction of sp³-hybridized carbons (Fsp3) is 0.857. The smallest absolute Gasteiger partial charge is 0.248 e. The van der Waals surface area contributed by atoms with Gasteiger partial charge in [0.1, 0.15) is 6.61 Å². The van der Waals surface area contributed by atoms with Gasteiger partial charge in [-0.1, -0.05) is 6.92 Å². The number of nitrogens with two attached hydrogens (primary N) is 1. The second-order valence-electron chi connectivity index (χ2n) is 5.42. The molecule has 0 aromatic rings. The minimum Gasteiger partial charge on any atom is -0.375 e. The molecule has 20 heavy (non-hydrogen) atoms. The van der Waals surface area contributed by atoms with E-state index >= 15 is 0 Å². The molecular formula is C14H27N3O3. The maximum atomic E-state index is 12.1. The number of hydrogen-bond donors (Lipinski definition) is 1. The Morgan fingerprint density at radius 3 is 2.15 bits per heavy atom. The Bertz CT molecular complexity index is 315. The van der Waals surface area contributed by atoms with Gasteiger partial charge in [0, 0.05) is 39.7 Å². The van der Waals surface area contributed by atoms with Crippen molar-refractivity contribution in [2.45, 2.75) is 26.2 Å². The van der Waals surface area contributed by atoms with Gasteiger partial charge in [0.15, 0.2) is 0 Å². The molecule has 1 rings (SSSR count). The molecule has 1 aliphatic heterocycles. The average molecular weight is 285 g/mol. The summed E-state index contributed by atoms with van der Waals surface area (Å²) < 4.78 is 4.84. The first kappa shape index (κ1) is 16.9. The van der Waals surface area contributed by atoms with Crippen LogP contribution in [0.3, 0.4) is 0 Å². The number of hydrogen-bond acceptors (Lipinski definition) is 4. The van der Waals surface area contributed by atoms with E-state index in [0.29, 0.717) is 45.1 Å². The summed E-state index contributed by atoms with van der Waals surface area (Å²) in [5, 5.41) is 0. The van der Waals surface area contributed by atoms with E-state index in [2.05, 4.69) is 6.92 Å². The van der Waals surface area contributed by atoms with Gasteiger partial charge in [0.2, 0.25) is 11.8 Å². The highest BCUT2D eigenvalue weighted by Gasteiger charge is 2.23. The van der Waals surface area contributed by atoms with Gasteiger partial charge >= 0.3 is 0 Å². The Balaban J connectivity index is 2.27. The zero-order valence-corrected chi connectivity index (χ0v) is 12.6. The van der Waals surface area contributed by atoms with Crippen molar-refractivity contribution < 1.29 is 14.3 Å². The minimum absolute atomic E-state index is 0.00355. The fourth-order valence-electron chi connectivity index (χ4n) is 2.38. The summed E-state index contributed by atoms with van der Waals surface area (Å²) in [6.45, 7) is 5.37. The van der Waals surface area contributed by atoms with Crippen LogP contribution in [0.1, 0.15) is 26.2 Å². The van der Waals surface area contributed by atoms with Gasteiger partial charge in [-0.25, -0.2) is 0 Å². The third-order valence-electron chi connectivity index (χ3n) is 3.76. The van der Waals surface area contributed by atoms with E-state index in [1.807, 2.05) is 4.90 Å².